The molecule has 0 saturated heterocycles. The fourth-order valence-corrected chi connectivity index (χ4v) is 3.23. The molecule has 1 aromatic carbocycles. The zero-order chi connectivity index (χ0) is 18.4. The Morgan fingerprint density at radius 1 is 1.19 bits per heavy atom. The van der Waals surface area contributed by atoms with E-state index < -0.39 is 6.10 Å². The van der Waals surface area contributed by atoms with Gasteiger partial charge in [0.2, 0.25) is 0 Å². The van der Waals surface area contributed by atoms with Crippen molar-refractivity contribution in [2.45, 2.75) is 12.6 Å². The van der Waals surface area contributed by atoms with Gasteiger partial charge < -0.3 is 24.3 Å². The lowest BCUT2D eigenvalue weighted by atomic mass is 10.2. The van der Waals surface area contributed by atoms with Gasteiger partial charge in [-0.05, 0) is 48.5 Å². The van der Waals surface area contributed by atoms with Crippen molar-refractivity contribution < 1.29 is 23.8 Å². The minimum atomic E-state index is -0.794. The Balaban J connectivity index is 1.45. The summed E-state index contributed by atoms with van der Waals surface area (Å²) in [4.78, 5) is 13.6. The molecule has 0 aliphatic heterocycles. The molecule has 6 nitrogen and oxygen atoms in total. The van der Waals surface area contributed by atoms with E-state index in [1.54, 1.807) is 43.5 Å². The summed E-state index contributed by atoms with van der Waals surface area (Å²) in [5.74, 6) is 1.60. The van der Waals surface area contributed by atoms with Crippen LogP contribution in [-0.2, 0) is 11.3 Å². The summed E-state index contributed by atoms with van der Waals surface area (Å²) in [5, 5.41) is 13.0. The molecule has 26 heavy (non-hydrogen) atoms. The Kier molecular flexibility index (Phi) is 5.93. The summed E-state index contributed by atoms with van der Waals surface area (Å²) in [6.07, 6.45) is 0.730. The lowest BCUT2D eigenvalue weighted by Crippen LogP contribution is -2.28. The van der Waals surface area contributed by atoms with Gasteiger partial charge in [0, 0.05) is 9.75 Å². The summed E-state index contributed by atoms with van der Waals surface area (Å²) >= 11 is 1.42. The maximum absolute atomic E-state index is 11.9. The van der Waals surface area contributed by atoms with Crippen molar-refractivity contribution in [1.29, 1.82) is 0 Å². The number of carbonyl (C=O) groups is 1. The van der Waals surface area contributed by atoms with Gasteiger partial charge in [-0.15, -0.1) is 11.3 Å². The van der Waals surface area contributed by atoms with Gasteiger partial charge in [0.1, 0.15) is 23.4 Å². The number of thiophene rings is 1. The molecule has 0 bridgehead atoms. The average molecular weight is 373 g/mol. The number of aliphatic hydroxyl groups excluding tert-OH is 1. The molecule has 136 valence electrons. The first-order chi connectivity index (χ1) is 12.7. The molecule has 3 aromatic rings. The lowest BCUT2D eigenvalue weighted by molar-refractivity contribution is -0.123. The Labute approximate surface area is 155 Å². The number of methoxy groups -OCH3 is 1. The molecule has 0 radical (unpaired) electrons. The Bertz CT molecular complexity index is 826. The first-order valence-electron chi connectivity index (χ1n) is 7.99. The van der Waals surface area contributed by atoms with Crippen LogP contribution in [0.4, 0.5) is 0 Å². The number of aliphatic hydroxyl groups is 1. The van der Waals surface area contributed by atoms with E-state index in [1.807, 2.05) is 12.1 Å². The number of amides is 1. The second kappa shape index (κ2) is 8.55. The van der Waals surface area contributed by atoms with Crippen molar-refractivity contribution in [2.24, 2.45) is 0 Å². The zero-order valence-electron chi connectivity index (χ0n) is 14.2. The van der Waals surface area contributed by atoms with E-state index in [0.717, 1.165) is 15.5 Å². The van der Waals surface area contributed by atoms with Crippen LogP contribution >= 0.6 is 11.3 Å². The van der Waals surface area contributed by atoms with Gasteiger partial charge in [0.05, 0.1) is 19.9 Å². The molecule has 2 N–H and O–H groups in total. The second-order valence-corrected chi connectivity index (χ2v) is 6.66. The van der Waals surface area contributed by atoms with Gasteiger partial charge in [-0.1, -0.05) is 0 Å². The molecule has 0 aliphatic rings. The van der Waals surface area contributed by atoms with Crippen LogP contribution in [0.5, 0.6) is 11.5 Å². The average Bonchev–Trinajstić information content (AvgIpc) is 3.36. The van der Waals surface area contributed by atoms with Crippen LogP contribution in [-0.4, -0.2) is 24.7 Å². The van der Waals surface area contributed by atoms with Crippen LogP contribution in [0.25, 0.3) is 0 Å². The summed E-state index contributed by atoms with van der Waals surface area (Å²) in [6.45, 7) is 0.305. The van der Waals surface area contributed by atoms with E-state index in [0.29, 0.717) is 18.1 Å². The van der Waals surface area contributed by atoms with E-state index in [1.165, 1.54) is 17.6 Å². The van der Waals surface area contributed by atoms with Crippen LogP contribution in [0.3, 0.4) is 0 Å². The highest BCUT2D eigenvalue weighted by Gasteiger charge is 2.15. The summed E-state index contributed by atoms with van der Waals surface area (Å²) in [5.41, 5.74) is 0. The second-order valence-electron chi connectivity index (χ2n) is 5.46. The minimum absolute atomic E-state index is 0.0699. The fraction of sp³-hybridized carbons (Fsp3) is 0.211. The van der Waals surface area contributed by atoms with E-state index in [9.17, 15) is 9.90 Å². The summed E-state index contributed by atoms with van der Waals surface area (Å²) in [6, 6.07) is 14.2. The molecule has 3 rings (SSSR count). The number of hydrogen-bond acceptors (Lipinski definition) is 6. The van der Waals surface area contributed by atoms with Crippen molar-refractivity contribution in [3.8, 4) is 11.5 Å². The molecule has 0 saturated carbocycles. The van der Waals surface area contributed by atoms with E-state index >= 15 is 0 Å². The zero-order valence-corrected chi connectivity index (χ0v) is 15.0. The highest BCUT2D eigenvalue weighted by Crippen LogP contribution is 2.28. The SMILES string of the molecule is COc1ccc(OCC(=O)NCc2ccc(C(O)c3ccco3)s2)cc1. The first kappa shape index (κ1) is 18.0. The van der Waals surface area contributed by atoms with Gasteiger partial charge >= 0.3 is 0 Å². The fourth-order valence-electron chi connectivity index (χ4n) is 2.28. The van der Waals surface area contributed by atoms with Gasteiger partial charge in [0.15, 0.2) is 6.61 Å². The smallest absolute Gasteiger partial charge is 0.258 e. The third-order valence-corrected chi connectivity index (χ3v) is 4.79. The summed E-state index contributed by atoms with van der Waals surface area (Å²) < 4.78 is 15.7. The van der Waals surface area contributed by atoms with Crippen LogP contribution in [0.15, 0.2) is 59.2 Å². The van der Waals surface area contributed by atoms with Crippen molar-refractivity contribution in [1.82, 2.24) is 5.32 Å². The first-order valence-corrected chi connectivity index (χ1v) is 8.81. The minimum Gasteiger partial charge on any atom is -0.497 e. The van der Waals surface area contributed by atoms with E-state index in [-0.39, 0.29) is 12.5 Å². The number of carbonyl (C=O) groups excluding carboxylic acids is 1. The van der Waals surface area contributed by atoms with Crippen LogP contribution in [0, 0.1) is 0 Å². The molecule has 2 heterocycles. The molecule has 0 aliphatic carbocycles. The number of hydrogen-bond donors (Lipinski definition) is 2. The van der Waals surface area contributed by atoms with Crippen LogP contribution in [0.1, 0.15) is 21.6 Å². The van der Waals surface area contributed by atoms with Crippen molar-refractivity contribution in [3.63, 3.8) is 0 Å². The topological polar surface area (TPSA) is 80.9 Å². The maximum atomic E-state index is 11.9. The molecular formula is C19H19NO5S. The normalized spacial score (nSPS) is 11.8. The number of nitrogens with one attached hydrogen (secondary N) is 1. The molecule has 7 heteroatoms. The largest absolute Gasteiger partial charge is 0.497 e. The van der Waals surface area contributed by atoms with Crippen molar-refractivity contribution in [2.75, 3.05) is 13.7 Å². The van der Waals surface area contributed by atoms with Crippen molar-refractivity contribution in [3.05, 3.63) is 70.3 Å². The standard InChI is InChI=1S/C19H19NO5S/c1-23-13-4-6-14(7-5-13)25-12-18(21)20-11-15-8-9-17(26-15)19(22)16-3-2-10-24-16/h2-10,19,22H,11-12H2,1H3,(H,20,21). The summed E-state index contributed by atoms with van der Waals surface area (Å²) in [7, 11) is 1.59. The number of ether oxygens (including phenoxy) is 2. The number of furan rings is 1. The quantitative estimate of drug-likeness (QED) is 0.634. The van der Waals surface area contributed by atoms with Crippen molar-refractivity contribution >= 4 is 17.2 Å². The molecule has 1 unspecified atom stereocenters. The molecule has 1 atom stereocenters. The van der Waals surface area contributed by atoms with E-state index in [4.69, 9.17) is 13.9 Å². The van der Waals surface area contributed by atoms with E-state index in [2.05, 4.69) is 5.32 Å². The molecule has 1 amide bonds. The third-order valence-electron chi connectivity index (χ3n) is 3.65. The van der Waals surface area contributed by atoms with Gasteiger partial charge in [0.25, 0.3) is 5.91 Å². The van der Waals surface area contributed by atoms with Crippen LogP contribution in [0.2, 0.25) is 0 Å². The Morgan fingerprint density at radius 3 is 2.65 bits per heavy atom. The number of benzene rings is 1. The van der Waals surface area contributed by atoms with Crippen LogP contribution < -0.4 is 14.8 Å². The van der Waals surface area contributed by atoms with Gasteiger partial charge in [-0.3, -0.25) is 4.79 Å². The maximum Gasteiger partial charge on any atom is 0.258 e. The Hall–Kier alpha value is -2.77. The molecular weight excluding hydrogens is 354 g/mol. The molecule has 0 fully saturated rings. The monoisotopic (exact) mass is 373 g/mol. The third kappa shape index (κ3) is 4.65. The Morgan fingerprint density at radius 2 is 1.96 bits per heavy atom. The molecule has 0 spiro atoms. The molecule has 2 aromatic heterocycles. The van der Waals surface area contributed by atoms with Gasteiger partial charge in [-0.2, -0.15) is 0 Å². The highest BCUT2D eigenvalue weighted by molar-refractivity contribution is 7.12. The van der Waals surface area contributed by atoms with Gasteiger partial charge in [-0.25, -0.2) is 0 Å². The predicted molar refractivity (Wildman–Crippen MR) is 97.4 cm³/mol. The lowest BCUT2D eigenvalue weighted by Gasteiger charge is -2.07. The number of rotatable bonds is 8. The highest BCUT2D eigenvalue weighted by atomic mass is 32.1. The predicted octanol–water partition coefficient (Wildman–Crippen LogP) is 3.13.